The molecule has 15 heteroatoms. The Bertz CT molecular complexity index is 1500. The monoisotopic (exact) mass is 806 g/mol. The number of ketones is 1. The van der Waals surface area contributed by atoms with Gasteiger partial charge in [-0.25, -0.2) is 4.79 Å². The Labute approximate surface area is 287 Å². The van der Waals surface area contributed by atoms with Gasteiger partial charge in [-0.2, -0.15) is 0 Å². The number of halogens is 5. The molecule has 0 aliphatic carbocycles. The molecule has 0 spiro atoms. The van der Waals surface area contributed by atoms with Gasteiger partial charge in [0.2, 0.25) is 0 Å². The third kappa shape index (κ3) is 11.7. The Morgan fingerprint density at radius 1 is 0.833 bits per heavy atom. The first-order chi connectivity index (χ1) is 19.6. The van der Waals surface area contributed by atoms with Crippen LogP contribution in [-0.2, 0) is 30.7 Å². The van der Waals surface area contributed by atoms with Crippen molar-refractivity contribution in [1.82, 2.24) is 0 Å². The van der Waals surface area contributed by atoms with E-state index in [4.69, 9.17) is 56.6 Å². The number of fused-ring (bicyclic) bond motifs is 2. The Morgan fingerprint density at radius 2 is 1.24 bits per heavy atom. The molecule has 4 rings (SSSR count). The minimum absolute atomic E-state index is 0.0103. The van der Waals surface area contributed by atoms with Gasteiger partial charge in [-0.05, 0) is 47.2 Å². The molecule has 2 N–H and O–H groups in total. The maximum absolute atomic E-state index is 12.0. The number of Topliss-reactive ketones (excluding diaryl/α,β-unsaturated/α-hetero) is 1. The van der Waals surface area contributed by atoms with Crippen LogP contribution in [0.5, 0.6) is 0 Å². The molecule has 7 nitrogen and oxygen atoms in total. The fourth-order valence-corrected chi connectivity index (χ4v) is 5.73. The van der Waals surface area contributed by atoms with E-state index in [0.717, 1.165) is 20.2 Å². The van der Waals surface area contributed by atoms with Crippen LogP contribution in [0.2, 0.25) is 20.1 Å². The zero-order chi connectivity index (χ0) is 32.3. The minimum atomic E-state index is -0.972. The van der Waals surface area contributed by atoms with E-state index in [-0.39, 0.29) is 24.1 Å². The normalized spacial score (nSPS) is 11.6. The first kappa shape index (κ1) is 38.7. The molecule has 0 aliphatic heterocycles. The number of thiophene rings is 2. The molecular formula is C27H23BrCl4O7S2Zn. The number of hydrogen-bond acceptors (Lipinski definition) is 7. The molecule has 2 heterocycles. The van der Waals surface area contributed by atoms with E-state index in [1.165, 1.54) is 53.0 Å². The van der Waals surface area contributed by atoms with Crippen molar-refractivity contribution in [2.45, 2.75) is 20.3 Å². The van der Waals surface area contributed by atoms with E-state index in [9.17, 15) is 19.2 Å². The molecule has 2 aromatic heterocycles. The van der Waals surface area contributed by atoms with Gasteiger partial charge in [0.15, 0.2) is 5.78 Å². The molecule has 0 bridgehead atoms. The SMILES string of the molecule is C[C@@H](CC(=O)c1cc2cc(Cl)c(Cl)cc2s1)C(=O)O.O=C(O)c1cc2cc(Cl)c(Cl)cc2s1.[CH2-][C@H](C)C(=O)OC.[Zn+][Br]. The number of carboxylic acids is 2. The number of aliphatic carboxylic acids is 1. The van der Waals surface area contributed by atoms with Crippen LogP contribution in [0.4, 0.5) is 0 Å². The van der Waals surface area contributed by atoms with Crippen LogP contribution in [0.3, 0.4) is 0 Å². The Hall–Kier alpha value is -1.30. The van der Waals surface area contributed by atoms with Crippen molar-refractivity contribution < 1.29 is 50.5 Å². The van der Waals surface area contributed by atoms with Gasteiger partial charge in [-0.3, -0.25) is 14.4 Å². The second kappa shape index (κ2) is 18.5. The van der Waals surface area contributed by atoms with Crippen molar-refractivity contribution in [2.24, 2.45) is 11.8 Å². The number of carbonyl (C=O) groups is 4. The van der Waals surface area contributed by atoms with E-state index in [1.54, 1.807) is 43.3 Å². The quantitative estimate of drug-likeness (QED) is 0.0862. The van der Waals surface area contributed by atoms with Gasteiger partial charge >= 0.3 is 41.9 Å². The molecule has 42 heavy (non-hydrogen) atoms. The van der Waals surface area contributed by atoms with Gasteiger partial charge < -0.3 is 21.9 Å². The molecule has 0 fully saturated rings. The number of ether oxygens (including phenoxy) is 1. The number of esters is 1. The predicted octanol–water partition coefficient (Wildman–Crippen LogP) is 9.88. The van der Waals surface area contributed by atoms with Crippen LogP contribution in [0.1, 0.15) is 39.6 Å². The Morgan fingerprint density at radius 3 is 1.60 bits per heavy atom. The van der Waals surface area contributed by atoms with Crippen molar-refractivity contribution in [1.29, 1.82) is 0 Å². The summed E-state index contributed by atoms with van der Waals surface area (Å²) in [6, 6.07) is 10.1. The van der Waals surface area contributed by atoms with Crippen molar-refractivity contribution in [3.63, 3.8) is 0 Å². The summed E-state index contributed by atoms with van der Waals surface area (Å²) < 4.78 is 6.00. The van der Waals surface area contributed by atoms with Crippen LogP contribution in [0.25, 0.3) is 20.2 Å². The fourth-order valence-electron chi connectivity index (χ4n) is 2.98. The van der Waals surface area contributed by atoms with Crippen LogP contribution in [-0.4, -0.2) is 41.0 Å². The van der Waals surface area contributed by atoms with E-state index < -0.39 is 17.9 Å². The summed E-state index contributed by atoms with van der Waals surface area (Å²) in [7, 11) is 1.35. The molecule has 2 aromatic carbocycles. The summed E-state index contributed by atoms with van der Waals surface area (Å²) >= 11 is 30.2. The number of methoxy groups -OCH3 is 1. The van der Waals surface area contributed by atoms with Crippen molar-refractivity contribution in [3.8, 4) is 0 Å². The first-order valence-electron chi connectivity index (χ1n) is 11.6. The summed E-state index contributed by atoms with van der Waals surface area (Å²) in [5.41, 5.74) is 0. The molecule has 222 valence electrons. The van der Waals surface area contributed by atoms with Crippen LogP contribution >= 0.6 is 82.7 Å². The van der Waals surface area contributed by atoms with Gasteiger partial charge in [0, 0.05) is 15.8 Å². The number of carbonyl (C=O) groups excluding carboxylic acids is 2. The summed E-state index contributed by atoms with van der Waals surface area (Å²) in [6.07, 6.45) is -0.0103. The fraction of sp³-hybridized carbons (Fsp3) is 0.222. The molecule has 2 atom stereocenters. The Balaban J connectivity index is 0.000000336. The maximum atomic E-state index is 12.0. The van der Waals surface area contributed by atoms with Crippen molar-refractivity contribution in [2.75, 3.05) is 7.11 Å². The zero-order valence-corrected chi connectivity index (χ0v) is 31.6. The second-order valence-electron chi connectivity index (χ2n) is 8.43. The summed E-state index contributed by atoms with van der Waals surface area (Å²) in [4.78, 5) is 44.5. The molecule has 0 aliphatic rings. The predicted molar refractivity (Wildman–Crippen MR) is 172 cm³/mol. The van der Waals surface area contributed by atoms with E-state index in [1.807, 2.05) is 0 Å². The van der Waals surface area contributed by atoms with Crippen LogP contribution < -0.4 is 0 Å². The number of carboxylic acid groups (broad SMARTS) is 2. The number of benzene rings is 2. The number of hydrogen-bond donors (Lipinski definition) is 2. The molecular weight excluding hydrogens is 788 g/mol. The average Bonchev–Trinajstić information content (AvgIpc) is 3.54. The zero-order valence-electron chi connectivity index (χ0n) is 22.4. The molecule has 0 amide bonds. The second-order valence-corrected chi connectivity index (χ2v) is 12.2. The molecule has 0 radical (unpaired) electrons. The molecule has 0 unspecified atom stereocenters. The van der Waals surface area contributed by atoms with Crippen molar-refractivity contribution >= 4 is 127 Å². The van der Waals surface area contributed by atoms with E-state index in [2.05, 4.69) is 25.3 Å². The van der Waals surface area contributed by atoms with Gasteiger partial charge in [0.05, 0.1) is 38.0 Å². The summed E-state index contributed by atoms with van der Waals surface area (Å²) in [6.45, 7) is 6.64. The standard InChI is InChI=1S/C13H10Cl2O3S.C9H4Cl2O2S.C5H9O2.BrH.Zn/c1-6(13(17)18)2-10(16)12-4-7-3-8(14)9(15)5-11(7)19-12;10-5-1-4-2-8(9(12)13)14-7(4)3-6(5)11;1-4(2)5(6)7-3;;/h3-6H,2H2,1H3,(H,17,18);1-3H,(H,12,13);4H,1H2,2-3H3;1H;/q;;-1;;+2/p-1/t6-;;4-;;/m0.1../s1. The topological polar surface area (TPSA) is 118 Å². The van der Waals surface area contributed by atoms with Gasteiger partial charge in [0.1, 0.15) is 4.88 Å². The van der Waals surface area contributed by atoms with Crippen LogP contribution in [0.15, 0.2) is 36.4 Å². The van der Waals surface area contributed by atoms with Crippen molar-refractivity contribution in [3.05, 3.63) is 73.2 Å². The van der Waals surface area contributed by atoms with E-state index in [0.29, 0.717) is 29.8 Å². The first-order valence-corrected chi connectivity index (χ1v) is 21.7. The summed E-state index contributed by atoms with van der Waals surface area (Å²) in [5, 5.41) is 21.0. The Kier molecular flexibility index (Phi) is 17.1. The third-order valence-corrected chi connectivity index (χ3v) is 8.79. The molecule has 0 saturated carbocycles. The molecule has 4 aromatic rings. The molecule has 0 saturated heterocycles. The third-order valence-electron chi connectivity index (χ3n) is 5.12. The number of aromatic carboxylic acids is 1. The summed E-state index contributed by atoms with van der Waals surface area (Å²) in [5.74, 6) is -3.28. The van der Waals surface area contributed by atoms with E-state index >= 15 is 0 Å². The van der Waals surface area contributed by atoms with Gasteiger partial charge in [-0.1, -0.05) is 66.2 Å². The van der Waals surface area contributed by atoms with Gasteiger partial charge in [-0.15, -0.1) is 22.7 Å². The average molecular weight is 811 g/mol. The van der Waals surface area contributed by atoms with Gasteiger partial charge in [0.25, 0.3) is 5.97 Å². The number of rotatable bonds is 6. The van der Waals surface area contributed by atoms with Crippen LogP contribution in [0, 0.1) is 18.8 Å².